The van der Waals surface area contributed by atoms with Crippen molar-refractivity contribution >= 4 is 0 Å². The Bertz CT molecular complexity index is 223. The van der Waals surface area contributed by atoms with E-state index in [1.165, 1.54) is 32.4 Å². The van der Waals surface area contributed by atoms with E-state index < -0.39 is 0 Å². The zero-order chi connectivity index (χ0) is 11.1. The number of piperidine rings is 1. The molecule has 0 aromatic heterocycles. The Morgan fingerprint density at radius 3 is 2.53 bits per heavy atom. The van der Waals surface area contributed by atoms with Crippen molar-refractivity contribution in [3.63, 3.8) is 0 Å². The molecule has 1 aliphatic heterocycles. The highest BCUT2D eigenvalue weighted by molar-refractivity contribution is 4.95. The van der Waals surface area contributed by atoms with E-state index in [1.54, 1.807) is 0 Å². The van der Waals surface area contributed by atoms with Crippen LogP contribution in [0.2, 0.25) is 0 Å². The van der Waals surface area contributed by atoms with Crippen LogP contribution in [-0.2, 0) is 0 Å². The number of likely N-dealkylation sites (tertiary alicyclic amines) is 1. The Morgan fingerprint density at radius 2 is 2.00 bits per heavy atom. The summed E-state index contributed by atoms with van der Waals surface area (Å²) in [6, 6.07) is 1.47. The molecule has 2 heteroatoms. The van der Waals surface area contributed by atoms with Gasteiger partial charge < -0.3 is 5.32 Å². The van der Waals surface area contributed by atoms with Crippen LogP contribution in [0.3, 0.4) is 0 Å². The second-order valence-electron chi connectivity index (χ2n) is 6.06. The summed E-state index contributed by atoms with van der Waals surface area (Å²) in [5.74, 6) is 0.783. The Labute approximate surface area is 94.4 Å². The van der Waals surface area contributed by atoms with Crippen LogP contribution in [0.5, 0.6) is 0 Å². The van der Waals surface area contributed by atoms with E-state index in [2.05, 4.69) is 38.0 Å². The number of nitrogens with zero attached hydrogens (tertiary/aromatic N) is 1. The van der Waals surface area contributed by atoms with E-state index in [0.717, 1.165) is 18.0 Å². The highest BCUT2D eigenvalue weighted by atomic mass is 15.2. The summed E-state index contributed by atoms with van der Waals surface area (Å²) < 4.78 is 0. The second-order valence-corrected chi connectivity index (χ2v) is 6.06. The van der Waals surface area contributed by atoms with Crippen LogP contribution in [-0.4, -0.2) is 37.1 Å². The molecule has 0 radical (unpaired) electrons. The Hall–Kier alpha value is -0.0800. The number of nitrogens with one attached hydrogen (secondary N) is 1. The van der Waals surface area contributed by atoms with Gasteiger partial charge >= 0.3 is 0 Å². The van der Waals surface area contributed by atoms with Crippen molar-refractivity contribution in [3.8, 4) is 0 Å². The van der Waals surface area contributed by atoms with E-state index in [1.807, 2.05) is 0 Å². The lowest BCUT2D eigenvalue weighted by Gasteiger charge is -2.43. The van der Waals surface area contributed by atoms with Gasteiger partial charge in [0.25, 0.3) is 0 Å². The van der Waals surface area contributed by atoms with Crippen molar-refractivity contribution in [3.05, 3.63) is 0 Å². The van der Waals surface area contributed by atoms with Crippen LogP contribution >= 0.6 is 0 Å². The van der Waals surface area contributed by atoms with Gasteiger partial charge in [0.15, 0.2) is 0 Å². The SMILES string of the molecule is CNC1CCN(CC2(C)CC2)C(C)C1C. The van der Waals surface area contributed by atoms with Gasteiger partial charge in [-0.25, -0.2) is 0 Å². The first-order valence-electron chi connectivity index (χ1n) is 6.47. The normalized spacial score (nSPS) is 40.4. The molecule has 88 valence electrons. The van der Waals surface area contributed by atoms with Gasteiger partial charge in [-0.05, 0) is 51.1 Å². The van der Waals surface area contributed by atoms with E-state index in [9.17, 15) is 0 Å². The molecular formula is C13H26N2. The standard InChI is InChI=1S/C13H26N2/c1-10-11(2)15(8-5-12(10)14-4)9-13(3)6-7-13/h10-12,14H,5-9H2,1-4H3. The van der Waals surface area contributed by atoms with Crippen LogP contribution in [0.4, 0.5) is 0 Å². The maximum absolute atomic E-state index is 3.46. The first kappa shape index (κ1) is 11.4. The predicted octanol–water partition coefficient (Wildman–Crippen LogP) is 2.10. The quantitative estimate of drug-likeness (QED) is 0.767. The van der Waals surface area contributed by atoms with Gasteiger partial charge in [-0.1, -0.05) is 13.8 Å². The summed E-state index contributed by atoms with van der Waals surface area (Å²) in [5.41, 5.74) is 0.667. The molecule has 15 heavy (non-hydrogen) atoms. The highest BCUT2D eigenvalue weighted by Crippen LogP contribution is 2.46. The summed E-state index contributed by atoms with van der Waals surface area (Å²) in [5, 5.41) is 3.46. The van der Waals surface area contributed by atoms with Crippen molar-refractivity contribution in [2.75, 3.05) is 20.1 Å². The summed E-state index contributed by atoms with van der Waals surface area (Å²) >= 11 is 0. The van der Waals surface area contributed by atoms with Crippen LogP contribution in [0.1, 0.15) is 40.0 Å². The van der Waals surface area contributed by atoms with Crippen molar-refractivity contribution in [1.29, 1.82) is 0 Å². The second kappa shape index (κ2) is 4.06. The van der Waals surface area contributed by atoms with Crippen LogP contribution < -0.4 is 5.32 Å². The molecule has 0 amide bonds. The van der Waals surface area contributed by atoms with E-state index in [0.29, 0.717) is 5.41 Å². The summed E-state index contributed by atoms with van der Waals surface area (Å²) in [7, 11) is 2.10. The van der Waals surface area contributed by atoms with E-state index in [4.69, 9.17) is 0 Å². The monoisotopic (exact) mass is 210 g/mol. The summed E-state index contributed by atoms with van der Waals surface area (Å²) in [6.45, 7) is 9.85. The Morgan fingerprint density at radius 1 is 1.33 bits per heavy atom. The van der Waals surface area contributed by atoms with Crippen LogP contribution in [0.15, 0.2) is 0 Å². The van der Waals surface area contributed by atoms with Crippen molar-refractivity contribution < 1.29 is 0 Å². The predicted molar refractivity (Wildman–Crippen MR) is 65.0 cm³/mol. The number of hydrogen-bond acceptors (Lipinski definition) is 2. The van der Waals surface area contributed by atoms with Crippen LogP contribution in [0, 0.1) is 11.3 Å². The highest BCUT2D eigenvalue weighted by Gasteiger charge is 2.41. The lowest BCUT2D eigenvalue weighted by molar-refractivity contribution is 0.0710. The van der Waals surface area contributed by atoms with Gasteiger partial charge in [-0.2, -0.15) is 0 Å². The molecule has 3 atom stereocenters. The molecule has 1 N–H and O–H groups in total. The zero-order valence-electron chi connectivity index (χ0n) is 10.7. The number of hydrogen-bond donors (Lipinski definition) is 1. The molecule has 0 aromatic carbocycles. The molecule has 3 unspecified atom stereocenters. The van der Waals surface area contributed by atoms with Crippen molar-refractivity contribution in [2.24, 2.45) is 11.3 Å². The molecule has 0 aromatic rings. The molecular weight excluding hydrogens is 184 g/mol. The fourth-order valence-electron chi connectivity index (χ4n) is 2.93. The average Bonchev–Trinajstić information content (AvgIpc) is 2.92. The van der Waals surface area contributed by atoms with Crippen molar-refractivity contribution in [2.45, 2.75) is 52.1 Å². The molecule has 0 spiro atoms. The molecule has 1 heterocycles. The minimum atomic E-state index is 0.667. The van der Waals surface area contributed by atoms with E-state index in [-0.39, 0.29) is 0 Å². The molecule has 1 saturated carbocycles. The third kappa shape index (κ3) is 2.36. The molecule has 2 fully saturated rings. The Balaban J connectivity index is 1.92. The lowest BCUT2D eigenvalue weighted by Crippen LogP contribution is -2.53. The van der Waals surface area contributed by atoms with Gasteiger partial charge in [0, 0.05) is 18.6 Å². The third-order valence-corrected chi connectivity index (χ3v) is 4.76. The topological polar surface area (TPSA) is 15.3 Å². The fraction of sp³-hybridized carbons (Fsp3) is 1.00. The smallest absolute Gasteiger partial charge is 0.0117 e. The minimum absolute atomic E-state index is 0.667. The minimum Gasteiger partial charge on any atom is -0.317 e. The largest absolute Gasteiger partial charge is 0.317 e. The molecule has 2 aliphatic rings. The molecule has 0 bridgehead atoms. The molecule has 2 rings (SSSR count). The summed E-state index contributed by atoms with van der Waals surface area (Å²) in [6.07, 6.45) is 4.21. The van der Waals surface area contributed by atoms with Gasteiger partial charge in [0.2, 0.25) is 0 Å². The van der Waals surface area contributed by atoms with Gasteiger partial charge in [-0.3, -0.25) is 4.90 Å². The van der Waals surface area contributed by atoms with Gasteiger partial charge in [0.1, 0.15) is 0 Å². The van der Waals surface area contributed by atoms with Crippen molar-refractivity contribution in [1.82, 2.24) is 10.2 Å². The first-order valence-corrected chi connectivity index (χ1v) is 6.47. The van der Waals surface area contributed by atoms with E-state index >= 15 is 0 Å². The zero-order valence-corrected chi connectivity index (χ0v) is 10.7. The first-order chi connectivity index (χ1) is 7.06. The summed E-state index contributed by atoms with van der Waals surface area (Å²) in [4.78, 5) is 2.71. The molecule has 1 saturated heterocycles. The maximum atomic E-state index is 3.46. The number of rotatable bonds is 3. The molecule has 2 nitrogen and oxygen atoms in total. The molecule has 1 aliphatic carbocycles. The van der Waals surface area contributed by atoms with Gasteiger partial charge in [-0.15, -0.1) is 0 Å². The average molecular weight is 210 g/mol. The van der Waals surface area contributed by atoms with Crippen LogP contribution in [0.25, 0.3) is 0 Å². The van der Waals surface area contributed by atoms with Gasteiger partial charge in [0.05, 0.1) is 0 Å². The fourth-order valence-corrected chi connectivity index (χ4v) is 2.93. The lowest BCUT2D eigenvalue weighted by atomic mass is 9.86. The Kier molecular flexibility index (Phi) is 3.09. The maximum Gasteiger partial charge on any atom is 0.0117 e. The third-order valence-electron chi connectivity index (χ3n) is 4.76.